The molecule has 1 fully saturated rings. The number of ether oxygens (including phenoxy) is 2. The SMILES string of the molecule is CCOC(=O)OC(=O)[C@H]1C[C@@H]1c1cccc(F)c1. The largest absolute Gasteiger partial charge is 0.516 e. The molecule has 1 aliphatic carbocycles. The lowest BCUT2D eigenvalue weighted by Crippen LogP contribution is -2.15. The first-order chi connectivity index (χ1) is 8.61. The molecule has 0 saturated heterocycles. The number of halogens is 1. The Morgan fingerprint density at radius 3 is 2.89 bits per heavy atom. The maximum absolute atomic E-state index is 13.0. The van der Waals surface area contributed by atoms with Gasteiger partial charge >= 0.3 is 12.1 Å². The molecule has 0 N–H and O–H groups in total. The zero-order valence-corrected chi connectivity index (χ0v) is 9.89. The van der Waals surface area contributed by atoms with Crippen molar-refractivity contribution < 1.29 is 23.5 Å². The number of hydrogen-bond donors (Lipinski definition) is 0. The Morgan fingerprint density at radius 1 is 1.44 bits per heavy atom. The second kappa shape index (κ2) is 5.16. The van der Waals surface area contributed by atoms with Crippen LogP contribution < -0.4 is 0 Å². The molecule has 1 aromatic carbocycles. The highest BCUT2D eigenvalue weighted by atomic mass is 19.1. The van der Waals surface area contributed by atoms with Gasteiger partial charge in [-0.3, -0.25) is 4.79 Å². The maximum Gasteiger partial charge on any atom is 0.516 e. The van der Waals surface area contributed by atoms with Crippen LogP contribution in [0.2, 0.25) is 0 Å². The van der Waals surface area contributed by atoms with E-state index in [1.165, 1.54) is 12.1 Å². The van der Waals surface area contributed by atoms with Crippen molar-refractivity contribution in [2.24, 2.45) is 5.92 Å². The fraction of sp³-hybridized carbons (Fsp3) is 0.385. The van der Waals surface area contributed by atoms with Gasteiger partial charge in [0.2, 0.25) is 0 Å². The molecule has 5 heteroatoms. The normalized spacial score (nSPS) is 21.2. The molecule has 0 bridgehead atoms. The minimum absolute atomic E-state index is 0.0670. The third-order valence-corrected chi connectivity index (χ3v) is 2.82. The number of rotatable bonds is 3. The van der Waals surface area contributed by atoms with Crippen molar-refractivity contribution in [3.05, 3.63) is 35.6 Å². The average molecular weight is 252 g/mol. The Hall–Kier alpha value is -1.91. The third-order valence-electron chi connectivity index (χ3n) is 2.82. The molecule has 0 heterocycles. The summed E-state index contributed by atoms with van der Waals surface area (Å²) in [5.41, 5.74) is 0.751. The van der Waals surface area contributed by atoms with Crippen molar-refractivity contribution in [2.45, 2.75) is 19.3 Å². The smallest absolute Gasteiger partial charge is 0.434 e. The van der Waals surface area contributed by atoms with Crippen molar-refractivity contribution in [1.29, 1.82) is 0 Å². The van der Waals surface area contributed by atoms with Crippen LogP contribution in [0.3, 0.4) is 0 Å². The van der Waals surface area contributed by atoms with Gasteiger partial charge < -0.3 is 9.47 Å². The molecule has 0 spiro atoms. The third kappa shape index (κ3) is 2.85. The Morgan fingerprint density at radius 2 is 2.22 bits per heavy atom. The monoisotopic (exact) mass is 252 g/mol. The number of esters is 1. The second-order valence-electron chi connectivity index (χ2n) is 4.11. The Bertz CT molecular complexity index is 472. The number of carbonyl (C=O) groups excluding carboxylic acids is 2. The van der Waals surface area contributed by atoms with E-state index < -0.39 is 12.1 Å². The van der Waals surface area contributed by atoms with Gasteiger partial charge in [-0.2, -0.15) is 0 Å². The standard InChI is InChI=1S/C13H13FO4/c1-2-17-13(16)18-12(15)11-7-10(11)8-4-3-5-9(14)6-8/h3-6,10-11H,2,7H2,1H3/t10-,11+/m1/s1. The molecule has 0 aromatic heterocycles. The van der Waals surface area contributed by atoms with Crippen LogP contribution in [0.15, 0.2) is 24.3 Å². The molecule has 1 saturated carbocycles. The first-order valence-corrected chi connectivity index (χ1v) is 5.75. The van der Waals surface area contributed by atoms with E-state index in [9.17, 15) is 14.0 Å². The fourth-order valence-electron chi connectivity index (χ4n) is 1.87. The van der Waals surface area contributed by atoms with Gasteiger partial charge in [-0.1, -0.05) is 12.1 Å². The minimum atomic E-state index is -0.979. The summed E-state index contributed by atoms with van der Waals surface area (Å²) < 4.78 is 22.0. The van der Waals surface area contributed by atoms with Crippen LogP contribution >= 0.6 is 0 Å². The first-order valence-electron chi connectivity index (χ1n) is 5.75. The van der Waals surface area contributed by atoms with Gasteiger partial charge in [0, 0.05) is 0 Å². The van der Waals surface area contributed by atoms with Crippen LogP contribution in [0.1, 0.15) is 24.8 Å². The highest BCUT2D eigenvalue weighted by molar-refractivity contribution is 5.86. The lowest BCUT2D eigenvalue weighted by molar-refractivity contribution is -0.141. The van der Waals surface area contributed by atoms with Gasteiger partial charge in [0.25, 0.3) is 0 Å². The molecule has 0 aliphatic heterocycles. The summed E-state index contributed by atoms with van der Waals surface area (Å²) in [4.78, 5) is 22.5. The highest BCUT2D eigenvalue weighted by Crippen LogP contribution is 2.48. The van der Waals surface area contributed by atoms with Crippen molar-refractivity contribution in [3.8, 4) is 0 Å². The summed E-state index contributed by atoms with van der Waals surface area (Å²) in [5, 5.41) is 0. The Balaban J connectivity index is 1.91. The van der Waals surface area contributed by atoms with Gasteiger partial charge in [0.15, 0.2) is 0 Å². The molecule has 0 unspecified atom stereocenters. The van der Waals surface area contributed by atoms with E-state index in [0.29, 0.717) is 6.42 Å². The summed E-state index contributed by atoms with van der Waals surface area (Å²) in [7, 11) is 0. The van der Waals surface area contributed by atoms with Gasteiger partial charge in [-0.25, -0.2) is 9.18 Å². The predicted molar refractivity (Wildman–Crippen MR) is 60.4 cm³/mol. The molecule has 0 amide bonds. The lowest BCUT2D eigenvalue weighted by atomic mass is 10.1. The van der Waals surface area contributed by atoms with Crippen molar-refractivity contribution >= 4 is 12.1 Å². The van der Waals surface area contributed by atoms with E-state index in [4.69, 9.17) is 0 Å². The first kappa shape index (κ1) is 12.5. The van der Waals surface area contributed by atoms with Crippen LogP contribution in [0.5, 0.6) is 0 Å². The van der Waals surface area contributed by atoms with E-state index in [0.717, 1.165) is 5.56 Å². The minimum Gasteiger partial charge on any atom is -0.434 e. The summed E-state index contributed by atoms with van der Waals surface area (Å²) >= 11 is 0. The van der Waals surface area contributed by atoms with E-state index in [2.05, 4.69) is 9.47 Å². The Kier molecular flexibility index (Phi) is 3.60. The number of benzene rings is 1. The van der Waals surface area contributed by atoms with Gasteiger partial charge in [-0.05, 0) is 37.0 Å². The van der Waals surface area contributed by atoms with Gasteiger partial charge in [-0.15, -0.1) is 0 Å². The van der Waals surface area contributed by atoms with Gasteiger partial charge in [0.05, 0.1) is 12.5 Å². The quantitative estimate of drug-likeness (QED) is 0.613. The van der Waals surface area contributed by atoms with E-state index in [1.54, 1.807) is 19.1 Å². The van der Waals surface area contributed by atoms with Crippen LogP contribution in [-0.2, 0) is 14.3 Å². The van der Waals surface area contributed by atoms with Crippen molar-refractivity contribution in [1.82, 2.24) is 0 Å². The summed E-state index contributed by atoms with van der Waals surface area (Å²) in [6.07, 6.45) is -0.408. The Labute approximate surface area is 104 Å². The summed E-state index contributed by atoms with van der Waals surface area (Å²) in [6.45, 7) is 1.78. The van der Waals surface area contributed by atoms with E-state index in [1.807, 2.05) is 0 Å². The van der Waals surface area contributed by atoms with Crippen LogP contribution in [-0.4, -0.2) is 18.7 Å². The van der Waals surface area contributed by atoms with E-state index in [-0.39, 0.29) is 24.3 Å². The van der Waals surface area contributed by atoms with Crippen LogP contribution in [0, 0.1) is 11.7 Å². The summed E-state index contributed by atoms with van der Waals surface area (Å²) in [6, 6.07) is 6.09. The molecule has 1 aromatic rings. The molecule has 0 radical (unpaired) electrons. The van der Waals surface area contributed by atoms with Gasteiger partial charge in [0.1, 0.15) is 5.82 Å². The van der Waals surface area contributed by atoms with Crippen molar-refractivity contribution in [2.75, 3.05) is 6.61 Å². The number of hydrogen-bond acceptors (Lipinski definition) is 4. The highest BCUT2D eigenvalue weighted by Gasteiger charge is 2.46. The molecular weight excluding hydrogens is 239 g/mol. The van der Waals surface area contributed by atoms with Crippen molar-refractivity contribution in [3.63, 3.8) is 0 Å². The molecule has 1 aliphatic rings. The average Bonchev–Trinajstić information content (AvgIpc) is 3.09. The molecule has 4 nitrogen and oxygen atoms in total. The zero-order valence-electron chi connectivity index (χ0n) is 9.89. The zero-order chi connectivity index (χ0) is 13.1. The fourth-order valence-corrected chi connectivity index (χ4v) is 1.87. The second-order valence-corrected chi connectivity index (χ2v) is 4.11. The van der Waals surface area contributed by atoms with Crippen LogP contribution in [0.4, 0.5) is 9.18 Å². The molecular formula is C13H13FO4. The van der Waals surface area contributed by atoms with Crippen LogP contribution in [0.25, 0.3) is 0 Å². The number of carbonyl (C=O) groups is 2. The summed E-state index contributed by atoms with van der Waals surface area (Å²) in [5.74, 6) is -1.39. The molecule has 2 atom stereocenters. The predicted octanol–water partition coefficient (Wildman–Crippen LogP) is 2.63. The molecule has 2 rings (SSSR count). The molecule has 96 valence electrons. The molecule has 18 heavy (non-hydrogen) atoms. The topological polar surface area (TPSA) is 52.6 Å². The lowest BCUT2D eigenvalue weighted by Gasteiger charge is -2.02. The maximum atomic E-state index is 13.0. The van der Waals surface area contributed by atoms with E-state index >= 15 is 0 Å².